The molecule has 110 valence electrons. The van der Waals surface area contributed by atoms with E-state index in [0.29, 0.717) is 10.2 Å². The zero-order valence-electron chi connectivity index (χ0n) is 12.1. The number of rotatable bonds is 4. The molecule has 0 saturated carbocycles. The molecule has 1 unspecified atom stereocenters. The standard InChI is InChI=1S/C14H19BrN2O3/c1-5-20-13(19)11(14(2,3)4)12(18)17-10-6-7-16-8-9(10)15/h6-8,11H,5H2,1-4H3,(H,16,17,18). The molecule has 0 aliphatic rings. The Bertz CT molecular complexity index is 497. The molecule has 0 aromatic carbocycles. The van der Waals surface area contributed by atoms with Crippen LogP contribution in [0.2, 0.25) is 0 Å². The Hall–Kier alpha value is -1.43. The number of pyridine rings is 1. The lowest BCUT2D eigenvalue weighted by molar-refractivity contribution is -0.155. The van der Waals surface area contributed by atoms with Gasteiger partial charge in [-0.1, -0.05) is 20.8 Å². The molecule has 0 radical (unpaired) electrons. The Morgan fingerprint density at radius 2 is 2.10 bits per heavy atom. The van der Waals surface area contributed by atoms with Crippen molar-refractivity contribution in [1.82, 2.24) is 4.98 Å². The molecule has 1 rings (SSSR count). The summed E-state index contributed by atoms with van der Waals surface area (Å²) in [6, 6.07) is 1.66. The Labute approximate surface area is 127 Å². The average Bonchev–Trinajstić information content (AvgIpc) is 2.30. The summed E-state index contributed by atoms with van der Waals surface area (Å²) >= 11 is 3.30. The molecular formula is C14H19BrN2O3. The van der Waals surface area contributed by atoms with Gasteiger partial charge in [0.15, 0.2) is 0 Å². The van der Waals surface area contributed by atoms with Gasteiger partial charge in [-0.15, -0.1) is 0 Å². The van der Waals surface area contributed by atoms with Gasteiger partial charge in [0.05, 0.1) is 16.8 Å². The Balaban J connectivity index is 2.95. The van der Waals surface area contributed by atoms with E-state index in [0.717, 1.165) is 0 Å². The van der Waals surface area contributed by atoms with E-state index in [-0.39, 0.29) is 12.5 Å². The number of aromatic nitrogens is 1. The molecule has 0 bridgehead atoms. The minimum atomic E-state index is -0.873. The SMILES string of the molecule is CCOC(=O)C(C(=O)Nc1ccncc1Br)C(C)(C)C. The van der Waals surface area contributed by atoms with Gasteiger partial charge in [0, 0.05) is 12.4 Å². The summed E-state index contributed by atoms with van der Waals surface area (Å²) in [5.74, 6) is -1.77. The summed E-state index contributed by atoms with van der Waals surface area (Å²) < 4.78 is 5.65. The van der Waals surface area contributed by atoms with Crippen molar-refractivity contribution in [3.8, 4) is 0 Å². The van der Waals surface area contributed by atoms with Crippen LogP contribution in [-0.4, -0.2) is 23.5 Å². The number of ether oxygens (including phenoxy) is 1. The van der Waals surface area contributed by atoms with E-state index in [4.69, 9.17) is 4.74 Å². The highest BCUT2D eigenvalue weighted by atomic mass is 79.9. The van der Waals surface area contributed by atoms with Gasteiger partial charge in [-0.3, -0.25) is 14.6 Å². The second kappa shape index (κ2) is 6.83. The number of esters is 1. The summed E-state index contributed by atoms with van der Waals surface area (Å²) in [7, 11) is 0. The number of anilines is 1. The lowest BCUT2D eigenvalue weighted by Crippen LogP contribution is -2.40. The van der Waals surface area contributed by atoms with Crippen molar-refractivity contribution < 1.29 is 14.3 Å². The van der Waals surface area contributed by atoms with Crippen LogP contribution < -0.4 is 5.32 Å². The number of halogens is 1. The fourth-order valence-corrected chi connectivity index (χ4v) is 2.11. The van der Waals surface area contributed by atoms with Crippen molar-refractivity contribution in [2.75, 3.05) is 11.9 Å². The molecule has 1 N–H and O–H groups in total. The normalized spacial score (nSPS) is 12.7. The zero-order valence-corrected chi connectivity index (χ0v) is 13.7. The number of hydrogen-bond donors (Lipinski definition) is 1. The van der Waals surface area contributed by atoms with E-state index in [1.54, 1.807) is 25.4 Å². The van der Waals surface area contributed by atoms with Crippen LogP contribution >= 0.6 is 15.9 Å². The molecule has 5 nitrogen and oxygen atoms in total. The van der Waals surface area contributed by atoms with Gasteiger partial charge in [-0.25, -0.2) is 0 Å². The van der Waals surface area contributed by atoms with Crippen LogP contribution in [-0.2, 0) is 14.3 Å². The Morgan fingerprint density at radius 1 is 1.45 bits per heavy atom. The Kier molecular flexibility index (Phi) is 5.68. The number of nitrogens with one attached hydrogen (secondary N) is 1. The first kappa shape index (κ1) is 16.6. The lowest BCUT2D eigenvalue weighted by atomic mass is 9.80. The molecular weight excluding hydrogens is 324 g/mol. The maximum Gasteiger partial charge on any atom is 0.319 e. The van der Waals surface area contributed by atoms with Gasteiger partial charge >= 0.3 is 5.97 Å². The number of carbonyl (C=O) groups is 2. The molecule has 0 fully saturated rings. The molecule has 1 aromatic heterocycles. The second-order valence-electron chi connectivity index (χ2n) is 5.40. The fourth-order valence-electron chi connectivity index (χ4n) is 1.76. The van der Waals surface area contributed by atoms with Crippen molar-refractivity contribution >= 4 is 33.5 Å². The molecule has 1 atom stereocenters. The van der Waals surface area contributed by atoms with Gasteiger partial charge in [-0.2, -0.15) is 0 Å². The fraction of sp³-hybridized carbons (Fsp3) is 0.500. The molecule has 0 aliphatic carbocycles. The maximum absolute atomic E-state index is 12.4. The van der Waals surface area contributed by atoms with Crippen LogP contribution in [0.5, 0.6) is 0 Å². The summed E-state index contributed by atoms with van der Waals surface area (Å²) in [6.45, 7) is 7.45. The van der Waals surface area contributed by atoms with E-state index in [2.05, 4.69) is 26.2 Å². The van der Waals surface area contributed by atoms with Crippen molar-refractivity contribution in [3.05, 3.63) is 22.9 Å². The first-order chi connectivity index (χ1) is 9.27. The molecule has 1 heterocycles. The van der Waals surface area contributed by atoms with Gasteiger partial charge in [0.1, 0.15) is 5.92 Å². The monoisotopic (exact) mass is 342 g/mol. The van der Waals surface area contributed by atoms with Crippen molar-refractivity contribution in [2.45, 2.75) is 27.7 Å². The number of hydrogen-bond acceptors (Lipinski definition) is 4. The summed E-state index contributed by atoms with van der Waals surface area (Å²) in [5.41, 5.74) is 0.0408. The van der Waals surface area contributed by atoms with Gasteiger partial charge in [-0.05, 0) is 34.3 Å². The zero-order chi connectivity index (χ0) is 15.3. The van der Waals surface area contributed by atoms with E-state index < -0.39 is 17.3 Å². The molecule has 6 heteroatoms. The van der Waals surface area contributed by atoms with E-state index in [1.807, 2.05) is 20.8 Å². The number of carbonyl (C=O) groups excluding carboxylic acids is 2. The molecule has 0 aliphatic heterocycles. The van der Waals surface area contributed by atoms with Gasteiger partial charge < -0.3 is 10.1 Å². The van der Waals surface area contributed by atoms with Crippen LogP contribution in [0, 0.1) is 11.3 Å². The van der Waals surface area contributed by atoms with E-state index in [1.165, 1.54) is 0 Å². The minimum absolute atomic E-state index is 0.248. The van der Waals surface area contributed by atoms with E-state index in [9.17, 15) is 9.59 Å². The first-order valence-corrected chi connectivity index (χ1v) is 7.13. The van der Waals surface area contributed by atoms with Crippen LogP contribution in [0.15, 0.2) is 22.9 Å². The van der Waals surface area contributed by atoms with Crippen molar-refractivity contribution in [3.63, 3.8) is 0 Å². The second-order valence-corrected chi connectivity index (χ2v) is 6.25. The smallest absolute Gasteiger partial charge is 0.319 e. The molecule has 20 heavy (non-hydrogen) atoms. The van der Waals surface area contributed by atoms with Crippen LogP contribution in [0.3, 0.4) is 0 Å². The van der Waals surface area contributed by atoms with Gasteiger partial charge in [0.25, 0.3) is 0 Å². The third kappa shape index (κ3) is 4.30. The quantitative estimate of drug-likeness (QED) is 0.674. The predicted octanol–water partition coefficient (Wildman–Crippen LogP) is 3.01. The number of amides is 1. The van der Waals surface area contributed by atoms with Crippen LogP contribution in [0.25, 0.3) is 0 Å². The third-order valence-electron chi connectivity index (χ3n) is 2.68. The highest BCUT2D eigenvalue weighted by molar-refractivity contribution is 9.10. The number of nitrogens with zero attached hydrogens (tertiary/aromatic N) is 1. The molecule has 0 spiro atoms. The van der Waals surface area contributed by atoms with Gasteiger partial charge in [0.2, 0.25) is 5.91 Å². The van der Waals surface area contributed by atoms with Crippen molar-refractivity contribution in [1.29, 1.82) is 0 Å². The minimum Gasteiger partial charge on any atom is -0.465 e. The predicted molar refractivity (Wildman–Crippen MR) is 80.1 cm³/mol. The summed E-state index contributed by atoms with van der Waals surface area (Å²) in [5, 5.41) is 2.73. The average molecular weight is 343 g/mol. The summed E-state index contributed by atoms with van der Waals surface area (Å²) in [6.07, 6.45) is 3.14. The maximum atomic E-state index is 12.4. The topological polar surface area (TPSA) is 68.3 Å². The Morgan fingerprint density at radius 3 is 2.60 bits per heavy atom. The summed E-state index contributed by atoms with van der Waals surface area (Å²) in [4.78, 5) is 28.3. The first-order valence-electron chi connectivity index (χ1n) is 6.34. The lowest BCUT2D eigenvalue weighted by Gasteiger charge is -2.27. The highest BCUT2D eigenvalue weighted by Gasteiger charge is 2.39. The molecule has 1 aromatic rings. The molecule has 1 amide bonds. The third-order valence-corrected chi connectivity index (χ3v) is 3.31. The van der Waals surface area contributed by atoms with Crippen LogP contribution in [0.4, 0.5) is 5.69 Å². The van der Waals surface area contributed by atoms with Crippen molar-refractivity contribution in [2.24, 2.45) is 11.3 Å². The molecule has 0 saturated heterocycles. The highest BCUT2D eigenvalue weighted by Crippen LogP contribution is 2.29. The van der Waals surface area contributed by atoms with Crippen LogP contribution in [0.1, 0.15) is 27.7 Å². The largest absolute Gasteiger partial charge is 0.465 e. The van der Waals surface area contributed by atoms with E-state index >= 15 is 0 Å².